The molecule has 0 heterocycles. The van der Waals surface area contributed by atoms with E-state index in [9.17, 15) is 4.39 Å². The van der Waals surface area contributed by atoms with Gasteiger partial charge in [0.15, 0.2) is 0 Å². The summed E-state index contributed by atoms with van der Waals surface area (Å²) < 4.78 is 13.4. The molecule has 0 atom stereocenters. The molecule has 0 aliphatic heterocycles. The number of nitrogens with zero attached hydrogens (tertiary/aromatic N) is 1. The summed E-state index contributed by atoms with van der Waals surface area (Å²) in [5.41, 5.74) is 7.24. The normalized spacial score (nSPS) is 11.1. The van der Waals surface area contributed by atoms with Gasteiger partial charge in [-0.15, -0.1) is 0 Å². The number of benzene rings is 1. The summed E-state index contributed by atoms with van der Waals surface area (Å²) in [6.45, 7) is 12.0. The number of rotatable bonds is 6. The molecular formula is C18H27FN2. The topological polar surface area (TPSA) is 29.3 Å². The van der Waals surface area contributed by atoms with Gasteiger partial charge in [-0.05, 0) is 29.5 Å². The summed E-state index contributed by atoms with van der Waals surface area (Å²) in [5.74, 6) is 6.75. The number of hydrogen-bond donors (Lipinski definition) is 1. The molecule has 2 nitrogen and oxygen atoms in total. The Labute approximate surface area is 128 Å². The van der Waals surface area contributed by atoms with Gasteiger partial charge in [0.25, 0.3) is 0 Å². The highest BCUT2D eigenvalue weighted by Crippen LogP contribution is 2.15. The number of nitrogens with two attached hydrogens (primary N) is 1. The van der Waals surface area contributed by atoms with E-state index in [-0.39, 0.29) is 12.4 Å². The molecule has 0 aromatic heterocycles. The van der Waals surface area contributed by atoms with E-state index in [1.54, 1.807) is 0 Å². The second-order valence-corrected chi connectivity index (χ2v) is 6.29. The summed E-state index contributed by atoms with van der Waals surface area (Å²) in [4.78, 5) is 2.41. The molecule has 3 heteroatoms. The molecule has 21 heavy (non-hydrogen) atoms. The van der Waals surface area contributed by atoms with Crippen LogP contribution in [0, 0.1) is 29.5 Å². The first-order chi connectivity index (χ1) is 9.92. The Morgan fingerprint density at radius 3 is 2.29 bits per heavy atom. The fourth-order valence-electron chi connectivity index (χ4n) is 2.43. The first-order valence-corrected chi connectivity index (χ1v) is 7.62. The SMILES string of the molecule is CC(C)CN(Cc1ccc(F)cc1C#CCN)CC(C)C. The van der Waals surface area contributed by atoms with Crippen LogP contribution < -0.4 is 5.73 Å². The molecule has 0 saturated carbocycles. The van der Waals surface area contributed by atoms with Crippen molar-refractivity contribution in [1.82, 2.24) is 4.90 Å². The second-order valence-electron chi connectivity index (χ2n) is 6.29. The first kappa shape index (κ1) is 17.7. The molecule has 0 aliphatic carbocycles. The van der Waals surface area contributed by atoms with Crippen molar-refractivity contribution in [2.75, 3.05) is 19.6 Å². The molecule has 0 amide bonds. The van der Waals surface area contributed by atoms with Crippen molar-refractivity contribution in [2.24, 2.45) is 17.6 Å². The first-order valence-electron chi connectivity index (χ1n) is 7.62. The van der Waals surface area contributed by atoms with Crippen LogP contribution in [0.2, 0.25) is 0 Å². The highest BCUT2D eigenvalue weighted by Gasteiger charge is 2.12. The molecular weight excluding hydrogens is 263 g/mol. The molecule has 0 radical (unpaired) electrons. The Hall–Kier alpha value is -1.37. The van der Waals surface area contributed by atoms with Crippen LogP contribution in [0.1, 0.15) is 38.8 Å². The lowest BCUT2D eigenvalue weighted by atomic mass is 10.0. The zero-order chi connectivity index (χ0) is 15.8. The van der Waals surface area contributed by atoms with Crippen LogP contribution in [0.5, 0.6) is 0 Å². The molecule has 1 aromatic carbocycles. The van der Waals surface area contributed by atoms with E-state index >= 15 is 0 Å². The average molecular weight is 290 g/mol. The van der Waals surface area contributed by atoms with Gasteiger partial charge in [0.05, 0.1) is 6.54 Å². The van der Waals surface area contributed by atoms with Gasteiger partial charge in [-0.3, -0.25) is 4.90 Å². The fourth-order valence-corrected chi connectivity index (χ4v) is 2.43. The van der Waals surface area contributed by atoms with Crippen molar-refractivity contribution in [3.8, 4) is 11.8 Å². The quantitative estimate of drug-likeness (QED) is 0.815. The van der Waals surface area contributed by atoms with E-state index < -0.39 is 0 Å². The predicted octanol–water partition coefficient (Wildman–Crippen LogP) is 3.25. The summed E-state index contributed by atoms with van der Waals surface area (Å²) in [7, 11) is 0. The zero-order valence-electron chi connectivity index (χ0n) is 13.6. The van der Waals surface area contributed by atoms with Crippen LogP contribution >= 0.6 is 0 Å². The van der Waals surface area contributed by atoms with Gasteiger partial charge < -0.3 is 5.73 Å². The van der Waals surface area contributed by atoms with Crippen molar-refractivity contribution in [3.05, 3.63) is 35.1 Å². The number of halogens is 1. The van der Waals surface area contributed by atoms with Gasteiger partial charge >= 0.3 is 0 Å². The lowest BCUT2D eigenvalue weighted by Gasteiger charge is -2.26. The Bertz CT molecular complexity index is 488. The third-order valence-corrected chi connectivity index (χ3v) is 3.04. The maximum Gasteiger partial charge on any atom is 0.124 e. The molecule has 1 aromatic rings. The Balaban J connectivity index is 2.96. The molecule has 116 valence electrons. The maximum atomic E-state index is 13.4. The minimum atomic E-state index is -0.251. The van der Waals surface area contributed by atoms with Crippen LogP contribution in [-0.4, -0.2) is 24.5 Å². The van der Waals surface area contributed by atoms with E-state index in [4.69, 9.17) is 5.73 Å². The van der Waals surface area contributed by atoms with Crippen molar-refractivity contribution >= 4 is 0 Å². The summed E-state index contributed by atoms with van der Waals surface area (Å²) >= 11 is 0. The van der Waals surface area contributed by atoms with Crippen LogP contribution in [0.15, 0.2) is 18.2 Å². The van der Waals surface area contributed by atoms with E-state index in [1.165, 1.54) is 12.1 Å². The third-order valence-electron chi connectivity index (χ3n) is 3.04. The molecule has 0 fully saturated rings. The van der Waals surface area contributed by atoms with Gasteiger partial charge in [-0.2, -0.15) is 0 Å². The van der Waals surface area contributed by atoms with E-state index in [2.05, 4.69) is 44.4 Å². The average Bonchev–Trinajstić information content (AvgIpc) is 2.37. The van der Waals surface area contributed by atoms with Crippen molar-refractivity contribution < 1.29 is 4.39 Å². The van der Waals surface area contributed by atoms with Crippen molar-refractivity contribution in [1.29, 1.82) is 0 Å². The molecule has 2 N–H and O–H groups in total. The van der Waals surface area contributed by atoms with Crippen molar-refractivity contribution in [2.45, 2.75) is 34.2 Å². The van der Waals surface area contributed by atoms with Crippen LogP contribution in [0.3, 0.4) is 0 Å². The minimum absolute atomic E-state index is 0.251. The van der Waals surface area contributed by atoms with Crippen molar-refractivity contribution in [3.63, 3.8) is 0 Å². The second kappa shape index (κ2) is 8.81. The number of hydrogen-bond acceptors (Lipinski definition) is 2. The van der Waals surface area contributed by atoms with E-state index in [0.29, 0.717) is 11.8 Å². The Morgan fingerprint density at radius 1 is 1.14 bits per heavy atom. The van der Waals surface area contributed by atoms with E-state index in [1.807, 2.05) is 6.07 Å². The van der Waals surface area contributed by atoms with Crippen LogP contribution in [0.25, 0.3) is 0 Å². The summed E-state index contributed by atoms with van der Waals surface area (Å²) in [5, 5.41) is 0. The highest BCUT2D eigenvalue weighted by molar-refractivity contribution is 5.41. The van der Waals surface area contributed by atoms with Gasteiger partial charge in [0, 0.05) is 25.2 Å². The summed E-state index contributed by atoms with van der Waals surface area (Å²) in [6.07, 6.45) is 0. The smallest absolute Gasteiger partial charge is 0.124 e. The maximum absolute atomic E-state index is 13.4. The predicted molar refractivity (Wildman–Crippen MR) is 87.3 cm³/mol. The lowest BCUT2D eigenvalue weighted by molar-refractivity contribution is 0.211. The monoisotopic (exact) mass is 290 g/mol. The van der Waals surface area contributed by atoms with Gasteiger partial charge in [-0.25, -0.2) is 4.39 Å². The Morgan fingerprint density at radius 2 is 1.76 bits per heavy atom. The molecule has 0 spiro atoms. The highest BCUT2D eigenvalue weighted by atomic mass is 19.1. The standard InChI is InChI=1S/C18H27FN2/c1-14(2)11-21(12-15(3)4)13-17-7-8-18(19)10-16(17)6-5-9-20/h7-8,10,14-15H,9,11-13,20H2,1-4H3. The molecule has 0 bridgehead atoms. The molecule has 0 aliphatic rings. The largest absolute Gasteiger partial charge is 0.320 e. The molecule has 1 rings (SSSR count). The van der Waals surface area contributed by atoms with Gasteiger partial charge in [-0.1, -0.05) is 45.6 Å². The molecule has 0 saturated heterocycles. The summed E-state index contributed by atoms with van der Waals surface area (Å²) in [6, 6.07) is 4.84. The third kappa shape index (κ3) is 6.75. The van der Waals surface area contributed by atoms with E-state index in [0.717, 1.165) is 30.8 Å². The van der Waals surface area contributed by atoms with Gasteiger partial charge in [0.1, 0.15) is 5.82 Å². The van der Waals surface area contributed by atoms with Crippen LogP contribution in [-0.2, 0) is 6.54 Å². The lowest BCUT2D eigenvalue weighted by Crippen LogP contribution is -2.31. The van der Waals surface area contributed by atoms with Gasteiger partial charge in [0.2, 0.25) is 0 Å². The zero-order valence-corrected chi connectivity index (χ0v) is 13.6. The minimum Gasteiger partial charge on any atom is -0.320 e. The fraction of sp³-hybridized carbons (Fsp3) is 0.556. The van der Waals surface area contributed by atoms with Crippen LogP contribution in [0.4, 0.5) is 4.39 Å². The Kier molecular flexibility index (Phi) is 7.42. The molecule has 0 unspecified atom stereocenters.